The largest absolute Gasteiger partial charge is 0.505 e. The molecule has 0 bridgehead atoms. The third-order valence-electron chi connectivity index (χ3n) is 1.20. The van der Waals surface area contributed by atoms with Crippen LogP contribution in [0.1, 0.15) is 0 Å². The molecule has 0 amide bonds. The van der Waals surface area contributed by atoms with Crippen molar-refractivity contribution in [2.75, 3.05) is 0 Å². The molecule has 0 heterocycles. The predicted molar refractivity (Wildman–Crippen MR) is 40.7 cm³/mol. The van der Waals surface area contributed by atoms with E-state index in [4.69, 9.17) is 5.11 Å². The van der Waals surface area contributed by atoms with E-state index >= 15 is 0 Å². The van der Waals surface area contributed by atoms with Gasteiger partial charge >= 0.3 is 0 Å². The first-order valence-electron chi connectivity index (χ1n) is 3.06. The van der Waals surface area contributed by atoms with Crippen LogP contribution in [0.4, 0.5) is 14.5 Å². The van der Waals surface area contributed by atoms with E-state index in [9.17, 15) is 8.78 Å². The minimum Gasteiger partial charge on any atom is -0.505 e. The maximum absolute atomic E-state index is 12.7. The Kier molecular flexibility index (Phi) is 2.21. The monoisotopic (exact) mass is 169 g/mol. The van der Waals surface area contributed by atoms with Crippen molar-refractivity contribution in [1.82, 2.24) is 0 Å². The molecular formula is C8H5F2NO. The van der Waals surface area contributed by atoms with E-state index in [-0.39, 0.29) is 5.69 Å². The summed E-state index contributed by atoms with van der Waals surface area (Å²) < 4.78 is 25.1. The molecule has 1 aromatic rings. The highest BCUT2D eigenvalue weighted by molar-refractivity contribution is 5.61. The van der Waals surface area contributed by atoms with E-state index in [1.54, 1.807) is 0 Å². The minimum atomic E-state index is -0.941. The number of phenolic OH excluding ortho intramolecular Hbond substituents is 1. The van der Waals surface area contributed by atoms with Crippen LogP contribution in [-0.2, 0) is 0 Å². The SMILES string of the molecule is C=C=Nc1c(O)cc(F)cc1F. The fraction of sp³-hybridized carbons (Fsp3) is 0. The number of halogens is 2. The molecule has 0 aromatic heterocycles. The van der Waals surface area contributed by atoms with Gasteiger partial charge in [-0.1, -0.05) is 0 Å². The van der Waals surface area contributed by atoms with Crippen molar-refractivity contribution in [3.63, 3.8) is 0 Å². The van der Waals surface area contributed by atoms with Gasteiger partial charge in [0.25, 0.3) is 0 Å². The number of aromatic hydroxyl groups is 1. The molecule has 0 atom stereocenters. The van der Waals surface area contributed by atoms with Crippen molar-refractivity contribution < 1.29 is 13.9 Å². The van der Waals surface area contributed by atoms with Crippen LogP contribution >= 0.6 is 0 Å². The van der Waals surface area contributed by atoms with Crippen molar-refractivity contribution in [3.8, 4) is 5.75 Å². The average Bonchev–Trinajstić information content (AvgIpc) is 1.96. The Morgan fingerprint density at radius 3 is 2.58 bits per heavy atom. The van der Waals surface area contributed by atoms with Crippen molar-refractivity contribution >= 4 is 11.6 Å². The van der Waals surface area contributed by atoms with E-state index in [1.165, 1.54) is 0 Å². The second-order valence-electron chi connectivity index (χ2n) is 2.03. The molecule has 1 N–H and O–H groups in total. The molecule has 0 radical (unpaired) electrons. The van der Waals surface area contributed by atoms with Crippen molar-refractivity contribution in [2.24, 2.45) is 4.99 Å². The highest BCUT2D eigenvalue weighted by Crippen LogP contribution is 2.29. The van der Waals surface area contributed by atoms with Gasteiger partial charge in [-0.25, -0.2) is 8.78 Å². The van der Waals surface area contributed by atoms with Crippen molar-refractivity contribution in [3.05, 3.63) is 30.3 Å². The zero-order chi connectivity index (χ0) is 9.14. The second kappa shape index (κ2) is 3.15. The van der Waals surface area contributed by atoms with Gasteiger partial charge in [-0.15, -0.1) is 0 Å². The lowest BCUT2D eigenvalue weighted by Crippen LogP contribution is -1.80. The Morgan fingerprint density at radius 2 is 2.08 bits per heavy atom. The second-order valence-corrected chi connectivity index (χ2v) is 2.03. The summed E-state index contributed by atoms with van der Waals surface area (Å²) in [6, 6.07) is 1.38. The van der Waals surface area contributed by atoms with Crippen LogP contribution in [0.5, 0.6) is 5.75 Å². The lowest BCUT2D eigenvalue weighted by atomic mass is 10.3. The minimum absolute atomic E-state index is 0.355. The van der Waals surface area contributed by atoms with Gasteiger partial charge in [-0.3, -0.25) is 0 Å². The van der Waals surface area contributed by atoms with Gasteiger partial charge < -0.3 is 5.11 Å². The fourth-order valence-corrected chi connectivity index (χ4v) is 0.742. The van der Waals surface area contributed by atoms with Gasteiger partial charge in [0.05, 0.1) is 0 Å². The summed E-state index contributed by atoms with van der Waals surface area (Å²) in [7, 11) is 0. The molecular weight excluding hydrogens is 164 g/mol. The van der Waals surface area contributed by atoms with Crippen molar-refractivity contribution in [2.45, 2.75) is 0 Å². The molecule has 2 nitrogen and oxygen atoms in total. The summed E-state index contributed by atoms with van der Waals surface area (Å²) in [6.45, 7) is 3.10. The molecule has 0 spiro atoms. The number of rotatable bonds is 1. The van der Waals surface area contributed by atoms with Gasteiger partial charge in [0.1, 0.15) is 11.6 Å². The summed E-state index contributed by atoms with van der Waals surface area (Å²) in [5.74, 6) is -0.323. The fourth-order valence-electron chi connectivity index (χ4n) is 0.742. The molecule has 0 aliphatic carbocycles. The third-order valence-corrected chi connectivity index (χ3v) is 1.20. The third kappa shape index (κ3) is 1.49. The quantitative estimate of drug-likeness (QED) is 0.642. The maximum atomic E-state index is 12.7. The van der Waals surface area contributed by atoms with Gasteiger partial charge in [-0.05, 0) is 12.4 Å². The average molecular weight is 169 g/mol. The smallest absolute Gasteiger partial charge is 0.156 e. The number of nitrogens with zero attached hydrogens (tertiary/aromatic N) is 1. The van der Waals surface area contributed by atoms with Gasteiger partial charge in [-0.2, -0.15) is 4.99 Å². The molecule has 1 rings (SSSR count). The Bertz CT molecular complexity index is 333. The number of hydrogen-bond acceptors (Lipinski definition) is 2. The first kappa shape index (κ1) is 8.43. The number of benzene rings is 1. The normalized spacial score (nSPS) is 9.17. The van der Waals surface area contributed by atoms with E-state index in [0.29, 0.717) is 6.07 Å². The van der Waals surface area contributed by atoms with Gasteiger partial charge in [0.2, 0.25) is 0 Å². The topological polar surface area (TPSA) is 32.6 Å². The van der Waals surface area contributed by atoms with E-state index in [1.807, 2.05) is 5.87 Å². The standard InChI is InChI=1S/C8H5F2NO/c1-2-11-8-6(10)3-5(9)4-7(8)12/h3-4,12H,1H2. The molecule has 0 saturated carbocycles. The summed E-state index contributed by atoms with van der Waals surface area (Å²) >= 11 is 0. The molecule has 12 heavy (non-hydrogen) atoms. The molecule has 0 saturated heterocycles. The lowest BCUT2D eigenvalue weighted by molar-refractivity contribution is 0.463. The zero-order valence-electron chi connectivity index (χ0n) is 6.01. The Labute approximate surface area is 67.5 Å². The van der Waals surface area contributed by atoms with Gasteiger partial charge in [0.15, 0.2) is 11.5 Å². The molecule has 0 aliphatic heterocycles. The van der Waals surface area contributed by atoms with E-state index < -0.39 is 17.4 Å². The summed E-state index contributed by atoms with van der Waals surface area (Å²) in [4.78, 5) is 3.29. The zero-order valence-corrected chi connectivity index (χ0v) is 6.01. The molecule has 0 unspecified atom stereocenters. The first-order chi connectivity index (χ1) is 5.65. The number of aliphatic imine (C=N–C) groups is 1. The first-order valence-corrected chi connectivity index (χ1v) is 3.06. The van der Waals surface area contributed by atoms with Crippen LogP contribution in [0.25, 0.3) is 0 Å². The van der Waals surface area contributed by atoms with Crippen LogP contribution in [-0.4, -0.2) is 11.0 Å². The Morgan fingerprint density at radius 1 is 1.42 bits per heavy atom. The lowest BCUT2D eigenvalue weighted by Gasteiger charge is -1.98. The summed E-state index contributed by atoms with van der Waals surface area (Å²) in [5.41, 5.74) is -0.355. The highest BCUT2D eigenvalue weighted by Gasteiger charge is 2.08. The van der Waals surface area contributed by atoms with Crippen LogP contribution in [0.15, 0.2) is 23.7 Å². The van der Waals surface area contributed by atoms with E-state index in [2.05, 4.69) is 11.6 Å². The van der Waals surface area contributed by atoms with Gasteiger partial charge in [0, 0.05) is 12.1 Å². The molecule has 62 valence electrons. The highest BCUT2D eigenvalue weighted by atomic mass is 19.1. The molecule has 4 heteroatoms. The Balaban J connectivity index is 3.37. The summed E-state index contributed by atoms with van der Waals surface area (Å²) in [5, 5.41) is 8.96. The number of phenols is 1. The molecule has 1 aromatic carbocycles. The van der Waals surface area contributed by atoms with Crippen LogP contribution in [0, 0.1) is 11.6 Å². The number of hydrogen-bond donors (Lipinski definition) is 1. The van der Waals surface area contributed by atoms with Crippen LogP contribution < -0.4 is 0 Å². The maximum Gasteiger partial charge on any atom is 0.156 e. The molecule has 0 aliphatic rings. The summed E-state index contributed by atoms with van der Waals surface area (Å²) in [6.07, 6.45) is 0. The Hall–Kier alpha value is -1.67. The van der Waals surface area contributed by atoms with Crippen molar-refractivity contribution in [1.29, 1.82) is 0 Å². The van der Waals surface area contributed by atoms with E-state index in [0.717, 1.165) is 6.07 Å². The van der Waals surface area contributed by atoms with Crippen LogP contribution in [0.2, 0.25) is 0 Å². The predicted octanol–water partition coefficient (Wildman–Crippen LogP) is 2.16. The van der Waals surface area contributed by atoms with Crippen LogP contribution in [0.3, 0.4) is 0 Å². The molecule has 0 fully saturated rings.